The molecule has 1 N–H and O–H groups in total. The molecule has 5 nitrogen and oxygen atoms in total. The average Bonchev–Trinajstić information content (AvgIpc) is 2.51. The van der Waals surface area contributed by atoms with E-state index in [0.717, 1.165) is 11.3 Å². The van der Waals surface area contributed by atoms with E-state index in [4.69, 9.17) is 4.74 Å². The fraction of sp³-hybridized carbons (Fsp3) is 0.500. The molecule has 1 saturated heterocycles. The Labute approximate surface area is 125 Å². The van der Waals surface area contributed by atoms with Crippen LogP contribution in [0.5, 0.6) is 5.75 Å². The Morgan fingerprint density at radius 3 is 2.33 bits per heavy atom. The first-order valence-electron chi connectivity index (χ1n) is 7.28. The molecule has 114 valence electrons. The van der Waals surface area contributed by atoms with Crippen molar-refractivity contribution in [2.75, 3.05) is 13.7 Å². The van der Waals surface area contributed by atoms with E-state index in [1.54, 1.807) is 12.0 Å². The van der Waals surface area contributed by atoms with Gasteiger partial charge in [-0.05, 0) is 30.5 Å². The highest BCUT2D eigenvalue weighted by Gasteiger charge is 2.43. The summed E-state index contributed by atoms with van der Waals surface area (Å²) in [6.45, 7) is 4.42. The van der Waals surface area contributed by atoms with Gasteiger partial charge in [0.2, 0.25) is 11.8 Å². The number of rotatable bonds is 5. The molecule has 0 radical (unpaired) electrons. The van der Waals surface area contributed by atoms with Crippen molar-refractivity contribution in [2.24, 2.45) is 0 Å². The van der Waals surface area contributed by atoms with Gasteiger partial charge in [-0.2, -0.15) is 0 Å². The van der Waals surface area contributed by atoms with Crippen LogP contribution >= 0.6 is 0 Å². The minimum atomic E-state index is -0.748. The number of hydrogen-bond donors (Lipinski definition) is 1. The van der Waals surface area contributed by atoms with E-state index in [-0.39, 0.29) is 18.4 Å². The summed E-state index contributed by atoms with van der Waals surface area (Å²) < 4.78 is 5.12. The minimum absolute atomic E-state index is 0.00270. The van der Waals surface area contributed by atoms with Crippen LogP contribution in [0.4, 0.5) is 0 Å². The van der Waals surface area contributed by atoms with Gasteiger partial charge in [0.1, 0.15) is 11.3 Å². The topological polar surface area (TPSA) is 58.6 Å². The lowest BCUT2D eigenvalue weighted by atomic mass is 9.88. The van der Waals surface area contributed by atoms with Gasteiger partial charge >= 0.3 is 0 Å². The molecule has 2 rings (SSSR count). The first-order chi connectivity index (χ1) is 10.0. The van der Waals surface area contributed by atoms with Crippen LogP contribution in [0.3, 0.4) is 0 Å². The Hall–Kier alpha value is -2.04. The zero-order valence-corrected chi connectivity index (χ0v) is 12.8. The Kier molecular flexibility index (Phi) is 4.50. The van der Waals surface area contributed by atoms with E-state index in [9.17, 15) is 9.59 Å². The van der Waals surface area contributed by atoms with Crippen molar-refractivity contribution in [3.8, 4) is 5.75 Å². The summed E-state index contributed by atoms with van der Waals surface area (Å²) in [6, 6.07) is 7.55. The Morgan fingerprint density at radius 1 is 1.19 bits per heavy atom. The van der Waals surface area contributed by atoms with Crippen molar-refractivity contribution < 1.29 is 14.3 Å². The first-order valence-corrected chi connectivity index (χ1v) is 7.28. The van der Waals surface area contributed by atoms with Gasteiger partial charge in [-0.15, -0.1) is 0 Å². The molecule has 0 bridgehead atoms. The number of nitrogens with zero attached hydrogens (tertiary/aromatic N) is 1. The molecule has 0 aliphatic carbocycles. The molecular weight excluding hydrogens is 268 g/mol. The number of ether oxygens (including phenoxy) is 1. The number of nitrogens with one attached hydrogen (secondary N) is 1. The summed E-state index contributed by atoms with van der Waals surface area (Å²) in [6.07, 6.45) is 1.21. The van der Waals surface area contributed by atoms with E-state index in [1.807, 2.05) is 38.1 Å². The van der Waals surface area contributed by atoms with Crippen LogP contribution in [0.25, 0.3) is 0 Å². The first kappa shape index (κ1) is 15.4. The molecule has 0 spiro atoms. The molecule has 5 heteroatoms. The molecule has 0 atom stereocenters. The van der Waals surface area contributed by atoms with Crippen molar-refractivity contribution >= 4 is 11.8 Å². The van der Waals surface area contributed by atoms with Crippen molar-refractivity contribution in [1.82, 2.24) is 10.2 Å². The molecule has 2 amide bonds. The molecule has 0 aromatic heterocycles. The second-order valence-corrected chi connectivity index (χ2v) is 5.35. The number of carbonyl (C=O) groups excluding carboxylic acids is 2. The molecule has 0 unspecified atom stereocenters. The predicted molar refractivity (Wildman–Crippen MR) is 79.9 cm³/mol. The molecule has 1 aromatic carbocycles. The monoisotopic (exact) mass is 290 g/mol. The molecule has 0 saturated carbocycles. The van der Waals surface area contributed by atoms with Crippen LogP contribution in [0.15, 0.2) is 24.3 Å². The van der Waals surface area contributed by atoms with Crippen molar-refractivity contribution in [3.05, 3.63) is 29.8 Å². The van der Waals surface area contributed by atoms with Gasteiger partial charge in [0.05, 0.1) is 13.7 Å². The minimum Gasteiger partial charge on any atom is -0.497 e. The van der Waals surface area contributed by atoms with E-state index in [2.05, 4.69) is 5.32 Å². The van der Waals surface area contributed by atoms with Gasteiger partial charge in [0.25, 0.3) is 0 Å². The largest absolute Gasteiger partial charge is 0.497 e. The lowest BCUT2D eigenvalue weighted by molar-refractivity contribution is -0.151. The highest BCUT2D eigenvalue weighted by Crippen LogP contribution is 2.24. The summed E-state index contributed by atoms with van der Waals surface area (Å²) in [5.41, 5.74) is 0.238. The van der Waals surface area contributed by atoms with Crippen LogP contribution in [0, 0.1) is 0 Å². The van der Waals surface area contributed by atoms with Gasteiger partial charge in [0.15, 0.2) is 0 Å². The molecule has 1 fully saturated rings. The van der Waals surface area contributed by atoms with Crippen molar-refractivity contribution in [3.63, 3.8) is 0 Å². The third-order valence-corrected chi connectivity index (χ3v) is 4.15. The van der Waals surface area contributed by atoms with Gasteiger partial charge in [-0.1, -0.05) is 26.0 Å². The van der Waals surface area contributed by atoms with Crippen molar-refractivity contribution in [2.45, 2.75) is 38.8 Å². The second kappa shape index (κ2) is 6.16. The number of piperazine rings is 1. The number of hydrogen-bond acceptors (Lipinski definition) is 3. The summed E-state index contributed by atoms with van der Waals surface area (Å²) in [4.78, 5) is 26.2. The standard InChI is InChI=1S/C16H22N2O3/c1-4-16(5-2)15(20)18(11-14(19)17-16)10-12-6-8-13(21-3)9-7-12/h6-9H,4-5,10-11H2,1-3H3,(H,17,19). The fourth-order valence-corrected chi connectivity index (χ4v) is 2.72. The lowest BCUT2D eigenvalue weighted by Gasteiger charge is -2.41. The number of benzene rings is 1. The van der Waals surface area contributed by atoms with Crippen LogP contribution < -0.4 is 10.1 Å². The SMILES string of the molecule is CCC1(CC)NC(=O)CN(Cc2ccc(OC)cc2)C1=O. The summed E-state index contributed by atoms with van der Waals surface area (Å²) in [5, 5.41) is 2.86. The number of methoxy groups -OCH3 is 1. The van der Waals surface area contributed by atoms with Crippen LogP contribution in [0.1, 0.15) is 32.3 Å². The normalized spacial score (nSPS) is 17.6. The Morgan fingerprint density at radius 2 is 1.81 bits per heavy atom. The molecule has 21 heavy (non-hydrogen) atoms. The van der Waals surface area contributed by atoms with Gasteiger partial charge in [-0.25, -0.2) is 0 Å². The van der Waals surface area contributed by atoms with Crippen molar-refractivity contribution in [1.29, 1.82) is 0 Å². The summed E-state index contributed by atoms with van der Waals surface area (Å²) >= 11 is 0. The number of carbonyl (C=O) groups is 2. The molecule has 1 aliphatic rings. The van der Waals surface area contributed by atoms with Gasteiger partial charge in [0, 0.05) is 6.54 Å². The smallest absolute Gasteiger partial charge is 0.249 e. The van der Waals surface area contributed by atoms with Gasteiger partial charge in [-0.3, -0.25) is 9.59 Å². The predicted octanol–water partition coefficient (Wildman–Crippen LogP) is 1.71. The van der Waals surface area contributed by atoms with Crippen LogP contribution in [0.2, 0.25) is 0 Å². The highest BCUT2D eigenvalue weighted by atomic mass is 16.5. The molecule has 1 aliphatic heterocycles. The Balaban J connectivity index is 2.17. The average molecular weight is 290 g/mol. The van der Waals surface area contributed by atoms with Gasteiger partial charge < -0.3 is 15.0 Å². The van der Waals surface area contributed by atoms with E-state index >= 15 is 0 Å². The maximum Gasteiger partial charge on any atom is 0.249 e. The molecular formula is C16H22N2O3. The summed E-state index contributed by atoms with van der Waals surface area (Å²) in [5.74, 6) is 0.688. The third-order valence-electron chi connectivity index (χ3n) is 4.15. The summed E-state index contributed by atoms with van der Waals surface area (Å²) in [7, 11) is 1.62. The van der Waals surface area contributed by atoms with E-state index < -0.39 is 5.54 Å². The molecule has 1 heterocycles. The van der Waals surface area contributed by atoms with E-state index in [1.165, 1.54) is 0 Å². The zero-order valence-electron chi connectivity index (χ0n) is 12.8. The molecule has 1 aromatic rings. The maximum atomic E-state index is 12.7. The zero-order chi connectivity index (χ0) is 15.5. The van der Waals surface area contributed by atoms with Crippen LogP contribution in [-0.4, -0.2) is 35.9 Å². The lowest BCUT2D eigenvalue weighted by Crippen LogP contribution is -2.65. The third kappa shape index (κ3) is 3.01. The fourth-order valence-electron chi connectivity index (χ4n) is 2.72. The quantitative estimate of drug-likeness (QED) is 0.898. The van der Waals surface area contributed by atoms with E-state index in [0.29, 0.717) is 19.4 Å². The second-order valence-electron chi connectivity index (χ2n) is 5.35. The highest BCUT2D eigenvalue weighted by molar-refractivity contribution is 5.97. The Bertz CT molecular complexity index is 521. The maximum absolute atomic E-state index is 12.7. The number of amides is 2. The van der Waals surface area contributed by atoms with Crippen LogP contribution in [-0.2, 0) is 16.1 Å².